The Morgan fingerprint density at radius 2 is 2.04 bits per heavy atom. The first-order chi connectivity index (χ1) is 11.3. The van der Waals surface area contributed by atoms with Gasteiger partial charge in [-0.3, -0.25) is 4.79 Å². The summed E-state index contributed by atoms with van der Waals surface area (Å²) in [6.45, 7) is 0.731. The fourth-order valence-corrected chi connectivity index (χ4v) is 4.07. The highest BCUT2D eigenvalue weighted by molar-refractivity contribution is 7.88. The molecule has 0 N–H and O–H groups in total. The molecule has 134 valence electrons. The van der Waals surface area contributed by atoms with Crippen LogP contribution in [0.5, 0.6) is 11.5 Å². The maximum atomic E-state index is 12.7. The Morgan fingerprint density at radius 1 is 1.33 bits per heavy atom. The summed E-state index contributed by atoms with van der Waals surface area (Å²) in [4.78, 5) is 14.2. The molecule has 7 nitrogen and oxygen atoms in total. The smallest absolute Gasteiger partial charge is 0.241 e. The molecule has 1 saturated heterocycles. The molecule has 2 rings (SSSR count). The lowest BCUT2D eigenvalue weighted by Crippen LogP contribution is -2.45. The second-order valence-electron chi connectivity index (χ2n) is 5.90. The van der Waals surface area contributed by atoms with Crippen LogP contribution in [0.4, 0.5) is 0 Å². The fourth-order valence-electron chi connectivity index (χ4n) is 2.95. The van der Waals surface area contributed by atoms with E-state index in [1.807, 2.05) is 6.07 Å². The van der Waals surface area contributed by atoms with E-state index in [1.54, 1.807) is 38.3 Å². The fraction of sp³-hybridized carbons (Fsp3) is 0.562. The van der Waals surface area contributed by atoms with Crippen LogP contribution in [0.3, 0.4) is 0 Å². The first kappa shape index (κ1) is 18.5. The summed E-state index contributed by atoms with van der Waals surface area (Å²) in [6.07, 6.45) is 2.39. The van der Waals surface area contributed by atoms with Crippen LogP contribution in [0.15, 0.2) is 18.2 Å². The molecule has 0 bridgehead atoms. The van der Waals surface area contributed by atoms with Gasteiger partial charge in [0.2, 0.25) is 15.9 Å². The molecule has 1 aliphatic rings. The summed E-state index contributed by atoms with van der Waals surface area (Å²) < 4.78 is 35.4. The third-order valence-corrected chi connectivity index (χ3v) is 5.48. The molecule has 1 amide bonds. The normalized spacial score (nSPS) is 18.4. The summed E-state index contributed by atoms with van der Waals surface area (Å²) in [5.74, 6) is 1.10. The van der Waals surface area contributed by atoms with E-state index in [-0.39, 0.29) is 5.91 Å². The van der Waals surface area contributed by atoms with Gasteiger partial charge in [-0.2, -0.15) is 4.31 Å². The Morgan fingerprint density at radius 3 is 2.62 bits per heavy atom. The molecule has 0 spiro atoms. The van der Waals surface area contributed by atoms with Crippen molar-refractivity contribution in [3.63, 3.8) is 0 Å². The van der Waals surface area contributed by atoms with Crippen molar-refractivity contribution in [1.82, 2.24) is 9.21 Å². The van der Waals surface area contributed by atoms with E-state index in [9.17, 15) is 13.2 Å². The molecule has 24 heavy (non-hydrogen) atoms. The number of carbonyl (C=O) groups excluding carboxylic acids is 1. The molecule has 1 aromatic carbocycles. The molecule has 1 aromatic rings. The van der Waals surface area contributed by atoms with Gasteiger partial charge in [0.1, 0.15) is 17.5 Å². The van der Waals surface area contributed by atoms with Gasteiger partial charge in [0, 0.05) is 31.8 Å². The van der Waals surface area contributed by atoms with Crippen LogP contribution in [-0.2, 0) is 21.4 Å². The number of nitrogens with zero attached hydrogens (tertiary/aromatic N) is 2. The van der Waals surface area contributed by atoms with E-state index >= 15 is 0 Å². The van der Waals surface area contributed by atoms with Gasteiger partial charge in [0.05, 0.1) is 20.5 Å². The summed E-state index contributed by atoms with van der Waals surface area (Å²) in [6, 6.07) is 4.78. The van der Waals surface area contributed by atoms with Crippen molar-refractivity contribution in [2.24, 2.45) is 0 Å². The Balaban J connectivity index is 2.15. The number of ether oxygens (including phenoxy) is 2. The molecule has 1 heterocycles. The highest BCUT2D eigenvalue weighted by atomic mass is 32.2. The van der Waals surface area contributed by atoms with Gasteiger partial charge in [-0.05, 0) is 25.0 Å². The second kappa shape index (κ2) is 7.40. The maximum Gasteiger partial charge on any atom is 0.241 e. The lowest BCUT2D eigenvalue weighted by atomic mass is 10.1. The molecule has 0 saturated carbocycles. The number of methoxy groups -OCH3 is 2. The minimum absolute atomic E-state index is 0.198. The highest BCUT2D eigenvalue weighted by Gasteiger charge is 2.37. The van der Waals surface area contributed by atoms with Crippen LogP contribution in [-0.4, -0.2) is 63.6 Å². The number of hydrogen-bond donors (Lipinski definition) is 0. The predicted octanol–water partition coefficient (Wildman–Crippen LogP) is 1.09. The van der Waals surface area contributed by atoms with E-state index in [0.29, 0.717) is 37.4 Å². The summed E-state index contributed by atoms with van der Waals surface area (Å²) >= 11 is 0. The average Bonchev–Trinajstić information content (AvgIpc) is 3.04. The van der Waals surface area contributed by atoms with Crippen molar-refractivity contribution in [3.8, 4) is 11.5 Å². The minimum Gasteiger partial charge on any atom is -0.497 e. The van der Waals surface area contributed by atoms with Gasteiger partial charge in [0.25, 0.3) is 0 Å². The number of hydrogen-bond acceptors (Lipinski definition) is 5. The van der Waals surface area contributed by atoms with Crippen molar-refractivity contribution in [3.05, 3.63) is 23.8 Å². The first-order valence-electron chi connectivity index (χ1n) is 7.70. The predicted molar refractivity (Wildman–Crippen MR) is 90.6 cm³/mol. The van der Waals surface area contributed by atoms with E-state index in [1.165, 1.54) is 4.31 Å². The maximum absolute atomic E-state index is 12.7. The number of likely N-dealkylation sites (N-methyl/N-ethyl adjacent to an activating group) is 1. The zero-order valence-corrected chi connectivity index (χ0v) is 15.3. The second-order valence-corrected chi connectivity index (χ2v) is 7.84. The van der Waals surface area contributed by atoms with Crippen LogP contribution >= 0.6 is 0 Å². The zero-order valence-electron chi connectivity index (χ0n) is 14.5. The van der Waals surface area contributed by atoms with Crippen LogP contribution in [0.1, 0.15) is 18.4 Å². The molecular formula is C16H24N2O5S. The van der Waals surface area contributed by atoms with Crippen molar-refractivity contribution >= 4 is 15.9 Å². The average molecular weight is 356 g/mol. The lowest BCUT2D eigenvalue weighted by Gasteiger charge is -2.27. The lowest BCUT2D eigenvalue weighted by molar-refractivity contribution is -0.133. The Kier molecular flexibility index (Phi) is 5.71. The monoisotopic (exact) mass is 356 g/mol. The number of amides is 1. The molecule has 1 unspecified atom stereocenters. The van der Waals surface area contributed by atoms with E-state index < -0.39 is 16.1 Å². The van der Waals surface area contributed by atoms with Crippen molar-refractivity contribution in [1.29, 1.82) is 0 Å². The van der Waals surface area contributed by atoms with Crippen molar-refractivity contribution in [2.75, 3.05) is 34.1 Å². The van der Waals surface area contributed by atoms with Crippen LogP contribution < -0.4 is 9.47 Å². The quantitative estimate of drug-likeness (QED) is 0.762. The summed E-state index contributed by atoms with van der Waals surface area (Å²) in [7, 11) is 1.42. The van der Waals surface area contributed by atoms with Gasteiger partial charge >= 0.3 is 0 Å². The molecule has 0 aliphatic carbocycles. The number of benzene rings is 1. The van der Waals surface area contributed by atoms with Gasteiger partial charge in [-0.1, -0.05) is 0 Å². The summed E-state index contributed by atoms with van der Waals surface area (Å²) in [5, 5.41) is 0. The highest BCUT2D eigenvalue weighted by Crippen LogP contribution is 2.27. The molecule has 1 fully saturated rings. The number of rotatable bonds is 6. The van der Waals surface area contributed by atoms with Crippen LogP contribution in [0.25, 0.3) is 0 Å². The molecule has 0 aromatic heterocycles. The van der Waals surface area contributed by atoms with Crippen molar-refractivity contribution in [2.45, 2.75) is 25.4 Å². The largest absolute Gasteiger partial charge is 0.497 e. The van der Waals surface area contributed by atoms with Gasteiger partial charge in [-0.15, -0.1) is 0 Å². The Bertz CT molecular complexity index is 704. The van der Waals surface area contributed by atoms with E-state index in [2.05, 4.69) is 0 Å². The summed E-state index contributed by atoms with van der Waals surface area (Å²) in [5.41, 5.74) is 0.832. The van der Waals surface area contributed by atoms with E-state index in [0.717, 1.165) is 11.8 Å². The topological polar surface area (TPSA) is 76.2 Å². The third kappa shape index (κ3) is 3.99. The number of sulfonamides is 1. The van der Waals surface area contributed by atoms with Crippen LogP contribution in [0, 0.1) is 0 Å². The molecule has 0 radical (unpaired) electrons. The first-order valence-corrected chi connectivity index (χ1v) is 9.55. The Hall–Kier alpha value is -1.80. The van der Waals surface area contributed by atoms with Crippen molar-refractivity contribution < 1.29 is 22.7 Å². The number of carbonyl (C=O) groups is 1. The minimum atomic E-state index is -3.38. The SMILES string of the molecule is COc1ccc(CN(C)C(=O)C2CCCN2S(C)(=O)=O)c(OC)c1. The van der Waals surface area contributed by atoms with Gasteiger partial charge in [0.15, 0.2) is 0 Å². The molecule has 8 heteroatoms. The van der Waals surface area contributed by atoms with Crippen LogP contribution in [0.2, 0.25) is 0 Å². The van der Waals surface area contributed by atoms with Gasteiger partial charge < -0.3 is 14.4 Å². The van der Waals surface area contributed by atoms with Gasteiger partial charge in [-0.25, -0.2) is 8.42 Å². The molecule has 1 atom stereocenters. The molecular weight excluding hydrogens is 332 g/mol. The molecule has 1 aliphatic heterocycles. The zero-order chi connectivity index (χ0) is 17.9. The van der Waals surface area contributed by atoms with E-state index in [4.69, 9.17) is 9.47 Å². The third-order valence-electron chi connectivity index (χ3n) is 4.19. The standard InChI is InChI=1S/C16H24N2O5S/c1-17(11-12-7-8-13(22-2)10-15(12)23-3)16(19)14-6-5-9-18(14)24(4,20)21/h7-8,10,14H,5-6,9,11H2,1-4H3. The Labute approximate surface area is 143 Å².